The zero-order valence-electron chi connectivity index (χ0n) is 39.4. The average molecular weight is 581 g/mol. The zero-order valence-corrected chi connectivity index (χ0v) is 22.4. The van der Waals surface area contributed by atoms with Gasteiger partial charge in [-0.05, 0) is 36.3 Å². The summed E-state index contributed by atoms with van der Waals surface area (Å²) in [4.78, 5) is 14.0. The molecule has 0 saturated heterocycles. The summed E-state index contributed by atoms with van der Waals surface area (Å²) >= 11 is 0. The van der Waals surface area contributed by atoms with Gasteiger partial charge in [0.1, 0.15) is 0 Å². The lowest BCUT2D eigenvalue weighted by Gasteiger charge is -2.15. The molecule has 9 rings (SSSR count). The zero-order chi connectivity index (χ0) is 43.8. The topological polar surface area (TPSA) is 48.5 Å². The third-order valence-electron chi connectivity index (χ3n) is 7.27. The van der Waals surface area contributed by atoms with Crippen molar-refractivity contribution >= 4 is 43.6 Å². The molecule has 0 bridgehead atoms. The molecule has 0 amide bonds. The Morgan fingerprint density at radius 3 is 1.66 bits per heavy atom. The quantitative estimate of drug-likeness (QED) is 0.208. The van der Waals surface area contributed by atoms with Crippen molar-refractivity contribution < 1.29 is 23.3 Å². The molecule has 0 unspecified atom stereocenters. The van der Waals surface area contributed by atoms with Crippen LogP contribution in [0.5, 0.6) is 0 Å². The molecule has 6 aromatic carbocycles. The predicted octanol–water partition coefficient (Wildman–Crippen LogP) is 9.40. The number of rotatable bonds is 4. The number of benzene rings is 6. The number of aromatic nitrogens is 5. The van der Waals surface area contributed by atoms with Gasteiger partial charge < -0.3 is 4.57 Å². The Kier molecular flexibility index (Phi) is 2.89. The van der Waals surface area contributed by atoms with Gasteiger partial charge in [-0.2, -0.15) is 9.97 Å². The van der Waals surface area contributed by atoms with E-state index in [0.717, 1.165) is 15.3 Å². The number of para-hydroxylation sites is 5. The second-order valence-corrected chi connectivity index (χ2v) is 9.66. The predicted molar refractivity (Wildman–Crippen MR) is 179 cm³/mol. The third-order valence-corrected chi connectivity index (χ3v) is 7.27. The smallest absolute Gasteiger partial charge is 0.238 e. The minimum Gasteiger partial charge on any atom is -0.309 e. The maximum atomic E-state index is 9.37. The van der Waals surface area contributed by atoms with Gasteiger partial charge in [0.05, 0.1) is 51.1 Å². The van der Waals surface area contributed by atoms with Gasteiger partial charge >= 0.3 is 0 Å². The standard InChI is InChI=1S/C39H25N5/c1-2-14-26(15-3-1)37-40-38(42-39(41-37)44-34-23-11-6-18-29(34)30-19-7-12-24-35(30)44)31-20-8-13-25-36(31)43-32-21-9-4-16-27(32)28-17-5-10-22-33(28)43/h1-25H/i1D,2D,3D,4D,5D,8D,9D,10D,13D,14D,15D,16D,17D,20D,21D,22D,25D. The van der Waals surface area contributed by atoms with Gasteiger partial charge in [-0.25, -0.2) is 4.98 Å². The van der Waals surface area contributed by atoms with E-state index in [9.17, 15) is 2.74 Å². The lowest BCUT2D eigenvalue weighted by molar-refractivity contribution is 0.951. The third kappa shape index (κ3) is 3.69. The summed E-state index contributed by atoms with van der Waals surface area (Å²) in [6.07, 6.45) is 0. The van der Waals surface area contributed by atoms with Crippen LogP contribution in [0.4, 0.5) is 0 Å². The summed E-state index contributed by atoms with van der Waals surface area (Å²) in [5, 5.41) is 0.793. The van der Waals surface area contributed by atoms with Crippen molar-refractivity contribution in [2.24, 2.45) is 0 Å². The average Bonchev–Trinajstić information content (AvgIpc) is 3.79. The van der Waals surface area contributed by atoms with Crippen LogP contribution in [-0.4, -0.2) is 24.1 Å². The van der Waals surface area contributed by atoms with Crippen LogP contribution in [-0.2, 0) is 0 Å². The molecular formula is C39H25N5. The maximum Gasteiger partial charge on any atom is 0.238 e. The molecule has 0 aliphatic carbocycles. The summed E-state index contributed by atoms with van der Waals surface area (Å²) < 4.78 is 152. The fraction of sp³-hybridized carbons (Fsp3) is 0. The molecule has 0 fully saturated rings. The number of nitrogens with zero attached hydrogens (tertiary/aromatic N) is 5. The molecule has 0 radical (unpaired) electrons. The Labute approximate surface area is 277 Å². The molecule has 3 heterocycles. The highest BCUT2D eigenvalue weighted by molar-refractivity contribution is 6.10. The molecule has 5 heteroatoms. The van der Waals surface area contributed by atoms with Gasteiger partial charge in [-0.1, -0.05) is 115 Å². The Morgan fingerprint density at radius 2 is 0.977 bits per heavy atom. The first-order chi connectivity index (χ1) is 28.9. The monoisotopic (exact) mass is 580 g/mol. The number of fused-ring (bicyclic) bond motifs is 6. The molecular weight excluding hydrogens is 538 g/mol. The van der Waals surface area contributed by atoms with Crippen molar-refractivity contribution in [2.75, 3.05) is 0 Å². The van der Waals surface area contributed by atoms with Crippen LogP contribution in [0.25, 0.3) is 78.0 Å². The van der Waals surface area contributed by atoms with Crippen molar-refractivity contribution in [3.8, 4) is 34.4 Å². The molecule has 5 nitrogen and oxygen atoms in total. The molecule has 0 spiro atoms. The molecule has 0 aliphatic rings. The first-order valence-electron chi connectivity index (χ1n) is 21.8. The Balaban J connectivity index is 1.53. The van der Waals surface area contributed by atoms with Gasteiger partial charge in [-0.15, -0.1) is 0 Å². The highest BCUT2D eigenvalue weighted by atomic mass is 15.2. The van der Waals surface area contributed by atoms with E-state index in [1.165, 1.54) is 0 Å². The van der Waals surface area contributed by atoms with E-state index in [0.29, 0.717) is 11.0 Å². The van der Waals surface area contributed by atoms with Crippen LogP contribution in [0.15, 0.2) is 151 Å². The highest BCUT2D eigenvalue weighted by Gasteiger charge is 2.20. The summed E-state index contributed by atoms with van der Waals surface area (Å²) in [5.41, 5.74) is -1.37. The normalized spacial score (nSPS) is 17.0. The molecule has 0 aliphatic heterocycles. The van der Waals surface area contributed by atoms with Gasteiger partial charge in [0.25, 0.3) is 0 Å². The van der Waals surface area contributed by atoms with Gasteiger partial charge in [-0.3, -0.25) is 4.57 Å². The van der Waals surface area contributed by atoms with E-state index < -0.39 is 142 Å². The second-order valence-electron chi connectivity index (χ2n) is 9.66. The second kappa shape index (κ2) is 9.75. The van der Waals surface area contributed by atoms with Crippen LogP contribution in [0.1, 0.15) is 23.3 Å². The van der Waals surface area contributed by atoms with Crippen molar-refractivity contribution in [1.82, 2.24) is 24.1 Å². The SMILES string of the molecule is [2H]c1c([2H])c([2H])c(-c2nc(-c3c([2H])c([2H])c([2H])c([2H])c3-n3c4c([2H])c([2H])c([2H])c([2H])c4c4c([2H])c([2H])c([2H])c([2H])c43)nc(-n3c4ccccc4c4ccccc43)n2)c([2H])c1[2H]. The van der Waals surface area contributed by atoms with E-state index in [-0.39, 0.29) is 16.7 Å². The van der Waals surface area contributed by atoms with Crippen LogP contribution >= 0.6 is 0 Å². The van der Waals surface area contributed by atoms with Crippen molar-refractivity contribution in [2.45, 2.75) is 0 Å². The van der Waals surface area contributed by atoms with Crippen LogP contribution in [0.3, 0.4) is 0 Å². The lowest BCUT2D eigenvalue weighted by Crippen LogP contribution is -2.07. The lowest BCUT2D eigenvalue weighted by atomic mass is 10.1. The van der Waals surface area contributed by atoms with Crippen LogP contribution in [0, 0.1) is 0 Å². The maximum absolute atomic E-state index is 9.37. The molecule has 0 atom stereocenters. The summed E-state index contributed by atoms with van der Waals surface area (Å²) in [5.74, 6) is -1.26. The molecule has 206 valence electrons. The van der Waals surface area contributed by atoms with Gasteiger partial charge in [0.15, 0.2) is 11.6 Å². The van der Waals surface area contributed by atoms with Crippen molar-refractivity contribution in [1.29, 1.82) is 0 Å². The Morgan fingerprint density at radius 1 is 0.432 bits per heavy atom. The first-order valence-corrected chi connectivity index (χ1v) is 13.3. The van der Waals surface area contributed by atoms with E-state index in [4.69, 9.17) is 25.5 Å². The van der Waals surface area contributed by atoms with E-state index in [1.807, 2.05) is 24.3 Å². The number of hydrogen-bond donors (Lipinski definition) is 0. The molecule has 3 aromatic heterocycles. The molecule has 0 saturated carbocycles. The van der Waals surface area contributed by atoms with Gasteiger partial charge in [0, 0.05) is 32.7 Å². The largest absolute Gasteiger partial charge is 0.309 e. The summed E-state index contributed by atoms with van der Waals surface area (Å²) in [7, 11) is 0. The van der Waals surface area contributed by atoms with E-state index in [2.05, 4.69) is 9.97 Å². The van der Waals surface area contributed by atoms with Crippen molar-refractivity contribution in [3.63, 3.8) is 0 Å². The highest BCUT2D eigenvalue weighted by Crippen LogP contribution is 2.36. The molecule has 0 N–H and O–H groups in total. The Hall–Kier alpha value is -6.07. The minimum atomic E-state index is -0.831. The fourth-order valence-electron chi connectivity index (χ4n) is 5.47. The van der Waals surface area contributed by atoms with E-state index >= 15 is 0 Å². The minimum absolute atomic E-state index is 0.214. The molecule has 44 heavy (non-hydrogen) atoms. The van der Waals surface area contributed by atoms with Gasteiger partial charge in [0.2, 0.25) is 5.95 Å². The first kappa shape index (κ1) is 13.1. The van der Waals surface area contributed by atoms with Crippen molar-refractivity contribution in [3.05, 3.63) is 151 Å². The molecule has 9 aromatic rings. The fourth-order valence-corrected chi connectivity index (χ4v) is 5.47. The van der Waals surface area contributed by atoms with Crippen LogP contribution < -0.4 is 0 Å². The summed E-state index contributed by atoms with van der Waals surface area (Å²) in [6, 6.07) is 1.81. The van der Waals surface area contributed by atoms with Crippen LogP contribution in [0.2, 0.25) is 0 Å². The number of hydrogen-bond acceptors (Lipinski definition) is 3. The van der Waals surface area contributed by atoms with E-state index in [1.54, 1.807) is 28.8 Å². The Bertz CT molecular complexity index is 3310. The summed E-state index contributed by atoms with van der Waals surface area (Å²) in [6.45, 7) is 0.